The number of rotatable bonds is 12. The number of carbonyl (C=O) groups is 4. The van der Waals surface area contributed by atoms with Gasteiger partial charge in [-0.25, -0.2) is 19.2 Å². The van der Waals surface area contributed by atoms with Crippen LogP contribution in [0.25, 0.3) is 0 Å². The molecule has 10 nitrogen and oxygen atoms in total. The van der Waals surface area contributed by atoms with Gasteiger partial charge in [-0.15, -0.1) is 0 Å². The molecular formula is C30H28O10. The first-order chi connectivity index (χ1) is 19.3. The predicted molar refractivity (Wildman–Crippen MR) is 143 cm³/mol. The van der Waals surface area contributed by atoms with Crippen molar-refractivity contribution >= 4 is 24.1 Å². The van der Waals surface area contributed by atoms with Crippen molar-refractivity contribution in [3.63, 3.8) is 0 Å². The smallest absolute Gasteiger partial charge is 0.497 e. The van der Waals surface area contributed by atoms with Gasteiger partial charge in [-0.1, -0.05) is 6.58 Å². The first-order valence-electron chi connectivity index (χ1n) is 12.2. The molecule has 0 spiro atoms. The Morgan fingerprint density at radius 2 is 1.25 bits per heavy atom. The van der Waals surface area contributed by atoms with E-state index in [1.807, 2.05) is 0 Å². The van der Waals surface area contributed by atoms with E-state index in [0.717, 1.165) is 6.08 Å². The number of methoxy groups -OCH3 is 1. The normalized spacial score (nSPS) is 10.2. The monoisotopic (exact) mass is 548 g/mol. The molecule has 0 aliphatic heterocycles. The van der Waals surface area contributed by atoms with E-state index in [2.05, 4.69) is 6.58 Å². The Bertz CT molecular complexity index is 1340. The molecule has 0 N–H and O–H groups in total. The van der Waals surface area contributed by atoms with E-state index in [4.69, 9.17) is 28.4 Å². The number of hydrogen-bond acceptors (Lipinski definition) is 10. The van der Waals surface area contributed by atoms with Crippen LogP contribution in [0.4, 0.5) is 4.79 Å². The fourth-order valence-corrected chi connectivity index (χ4v) is 3.24. The second-order valence-corrected chi connectivity index (χ2v) is 8.24. The number of aryl methyl sites for hydroxylation is 1. The van der Waals surface area contributed by atoms with E-state index in [1.54, 1.807) is 44.4 Å². The third-order valence-corrected chi connectivity index (χ3v) is 5.34. The molecule has 0 heterocycles. The van der Waals surface area contributed by atoms with Gasteiger partial charge in [0.05, 0.1) is 31.5 Å². The predicted octanol–water partition coefficient (Wildman–Crippen LogP) is 5.47. The average Bonchev–Trinajstić information content (AvgIpc) is 2.96. The first kappa shape index (κ1) is 29.4. The summed E-state index contributed by atoms with van der Waals surface area (Å²) in [6, 6.07) is 16.9. The van der Waals surface area contributed by atoms with Gasteiger partial charge < -0.3 is 28.4 Å². The lowest BCUT2D eigenvalue weighted by Gasteiger charge is -2.10. The van der Waals surface area contributed by atoms with Crippen LogP contribution >= 0.6 is 0 Å². The van der Waals surface area contributed by atoms with Crippen molar-refractivity contribution in [3.05, 3.63) is 96.1 Å². The molecule has 0 aliphatic rings. The SMILES string of the molecule is C=CC(=O)OCCCCOC(=O)Oc1ccc(C(=O)Oc2ccc(C(=O)Oc3ccc(OC)cc3)cc2C)cc1. The molecule has 0 saturated carbocycles. The van der Waals surface area contributed by atoms with Crippen LogP contribution in [0.15, 0.2) is 79.4 Å². The van der Waals surface area contributed by atoms with Crippen LogP contribution in [0.1, 0.15) is 39.1 Å². The lowest BCUT2D eigenvalue weighted by Crippen LogP contribution is -2.13. The first-order valence-corrected chi connectivity index (χ1v) is 12.2. The highest BCUT2D eigenvalue weighted by atomic mass is 16.7. The van der Waals surface area contributed by atoms with Gasteiger partial charge in [0.25, 0.3) is 0 Å². The Labute approximate surface area is 231 Å². The molecule has 208 valence electrons. The number of benzene rings is 3. The molecule has 0 radical (unpaired) electrons. The molecule has 10 heteroatoms. The van der Waals surface area contributed by atoms with Crippen LogP contribution < -0.4 is 18.9 Å². The zero-order valence-electron chi connectivity index (χ0n) is 22.0. The average molecular weight is 549 g/mol. The van der Waals surface area contributed by atoms with Gasteiger partial charge >= 0.3 is 24.1 Å². The molecule has 0 unspecified atom stereocenters. The molecule has 0 aromatic heterocycles. The number of esters is 3. The minimum absolute atomic E-state index is 0.0895. The van der Waals surface area contributed by atoms with Gasteiger partial charge in [0.1, 0.15) is 23.0 Å². The highest BCUT2D eigenvalue weighted by Gasteiger charge is 2.15. The fraction of sp³-hybridized carbons (Fsp3) is 0.200. The number of carbonyl (C=O) groups excluding carboxylic acids is 4. The maximum atomic E-state index is 12.6. The van der Waals surface area contributed by atoms with E-state index in [9.17, 15) is 19.2 Å². The molecular weight excluding hydrogens is 520 g/mol. The van der Waals surface area contributed by atoms with Gasteiger partial charge in [-0.2, -0.15) is 0 Å². The third-order valence-electron chi connectivity index (χ3n) is 5.34. The minimum atomic E-state index is -0.903. The van der Waals surface area contributed by atoms with E-state index < -0.39 is 24.1 Å². The summed E-state index contributed by atoms with van der Waals surface area (Å²) in [4.78, 5) is 47.9. The van der Waals surface area contributed by atoms with Crippen LogP contribution in [-0.4, -0.2) is 44.4 Å². The summed E-state index contributed by atoms with van der Waals surface area (Å²) in [7, 11) is 1.54. The van der Waals surface area contributed by atoms with Crippen LogP contribution in [0, 0.1) is 6.92 Å². The van der Waals surface area contributed by atoms with Crippen molar-refractivity contribution in [2.24, 2.45) is 0 Å². The molecule has 0 amide bonds. The lowest BCUT2D eigenvalue weighted by atomic mass is 10.1. The summed E-state index contributed by atoms with van der Waals surface area (Å²) in [6.07, 6.45) is 1.16. The fourth-order valence-electron chi connectivity index (χ4n) is 3.24. The summed E-state index contributed by atoms with van der Waals surface area (Å²) in [5.41, 5.74) is 1.06. The zero-order valence-corrected chi connectivity index (χ0v) is 22.0. The Hall–Kier alpha value is -5.12. The molecule has 0 aliphatic carbocycles. The second kappa shape index (κ2) is 14.7. The Kier molecular flexibility index (Phi) is 10.8. The second-order valence-electron chi connectivity index (χ2n) is 8.24. The quantitative estimate of drug-likeness (QED) is 0.0946. The Morgan fingerprint density at radius 3 is 1.88 bits per heavy atom. The van der Waals surface area contributed by atoms with Crippen molar-refractivity contribution in [1.29, 1.82) is 0 Å². The molecule has 3 rings (SSSR count). The maximum Gasteiger partial charge on any atom is 0.513 e. The highest BCUT2D eigenvalue weighted by molar-refractivity contribution is 5.93. The lowest BCUT2D eigenvalue weighted by molar-refractivity contribution is -0.137. The molecule has 0 saturated heterocycles. The summed E-state index contributed by atoms with van der Waals surface area (Å²) in [6.45, 7) is 5.28. The van der Waals surface area contributed by atoms with E-state index in [-0.39, 0.29) is 35.8 Å². The van der Waals surface area contributed by atoms with Gasteiger partial charge in [0.15, 0.2) is 0 Å². The molecule has 3 aromatic carbocycles. The Balaban J connectivity index is 1.47. The molecule has 40 heavy (non-hydrogen) atoms. The molecule has 0 bridgehead atoms. The van der Waals surface area contributed by atoms with Crippen LogP contribution in [0.5, 0.6) is 23.0 Å². The van der Waals surface area contributed by atoms with Crippen molar-refractivity contribution in [1.82, 2.24) is 0 Å². The molecule has 3 aromatic rings. The summed E-state index contributed by atoms with van der Waals surface area (Å²) < 4.78 is 30.8. The van der Waals surface area contributed by atoms with Gasteiger partial charge in [-0.05, 0) is 92.1 Å². The standard InChI is InChI=1S/C30H28O10/c1-4-27(31)36-17-5-6-18-37-30(34)39-25-10-7-21(8-11-25)28(32)40-26-16-9-22(19-20(26)2)29(33)38-24-14-12-23(35-3)13-15-24/h4,7-16,19H,1,5-6,17-18H2,2-3H3. The van der Waals surface area contributed by atoms with Crippen molar-refractivity contribution in [3.8, 4) is 23.0 Å². The number of unbranched alkanes of at least 4 members (excludes halogenated alkanes) is 1. The zero-order chi connectivity index (χ0) is 28.9. The summed E-state index contributed by atoms with van der Waals surface area (Å²) >= 11 is 0. The van der Waals surface area contributed by atoms with Gasteiger partial charge in [0.2, 0.25) is 0 Å². The molecule has 0 atom stereocenters. The van der Waals surface area contributed by atoms with Crippen LogP contribution in [-0.2, 0) is 14.3 Å². The summed E-state index contributed by atoms with van der Waals surface area (Å²) in [5, 5.41) is 0. The minimum Gasteiger partial charge on any atom is -0.497 e. The van der Waals surface area contributed by atoms with Crippen molar-refractivity contribution < 1.29 is 47.6 Å². The van der Waals surface area contributed by atoms with Gasteiger partial charge in [-0.3, -0.25) is 0 Å². The van der Waals surface area contributed by atoms with E-state index >= 15 is 0 Å². The topological polar surface area (TPSA) is 124 Å². The van der Waals surface area contributed by atoms with Crippen LogP contribution in [0.3, 0.4) is 0 Å². The number of hydrogen-bond donors (Lipinski definition) is 0. The van der Waals surface area contributed by atoms with E-state index in [1.165, 1.54) is 36.4 Å². The number of ether oxygens (including phenoxy) is 6. The Morgan fingerprint density at radius 1 is 0.700 bits per heavy atom. The highest BCUT2D eigenvalue weighted by Crippen LogP contribution is 2.23. The van der Waals surface area contributed by atoms with Crippen molar-refractivity contribution in [2.75, 3.05) is 20.3 Å². The largest absolute Gasteiger partial charge is 0.513 e. The van der Waals surface area contributed by atoms with Gasteiger partial charge in [0, 0.05) is 6.08 Å². The molecule has 0 fully saturated rings. The van der Waals surface area contributed by atoms with E-state index in [0.29, 0.717) is 29.9 Å². The summed E-state index contributed by atoms with van der Waals surface area (Å²) in [5.74, 6) is -0.253. The maximum absolute atomic E-state index is 12.6. The third kappa shape index (κ3) is 9.02. The van der Waals surface area contributed by atoms with Crippen molar-refractivity contribution in [2.45, 2.75) is 19.8 Å². The van der Waals surface area contributed by atoms with Crippen LogP contribution in [0.2, 0.25) is 0 Å².